The van der Waals surface area contributed by atoms with Gasteiger partial charge < -0.3 is 15.3 Å². The molecule has 3 rings (SSSR count). The van der Waals surface area contributed by atoms with Crippen LogP contribution in [0.5, 0.6) is 0 Å². The van der Waals surface area contributed by atoms with Crippen molar-refractivity contribution in [2.45, 2.75) is 6.04 Å². The summed E-state index contributed by atoms with van der Waals surface area (Å²) < 4.78 is 5.82. The molecule has 1 aliphatic rings. The highest BCUT2D eigenvalue weighted by atomic mass is 16.5. The lowest BCUT2D eigenvalue weighted by atomic mass is 9.55. The van der Waals surface area contributed by atoms with E-state index in [0.717, 1.165) is 24.0 Å². The van der Waals surface area contributed by atoms with Crippen LogP contribution in [0.25, 0.3) is 0 Å². The van der Waals surface area contributed by atoms with Gasteiger partial charge in [0.1, 0.15) is 6.04 Å². The van der Waals surface area contributed by atoms with Gasteiger partial charge in [-0.1, -0.05) is 60.7 Å². The third kappa shape index (κ3) is 3.56. The van der Waals surface area contributed by atoms with E-state index >= 15 is 0 Å². The Bertz CT molecular complexity index is 561. The van der Waals surface area contributed by atoms with Crippen LogP contribution < -0.4 is 21.6 Å². The van der Waals surface area contributed by atoms with Crippen LogP contribution >= 0.6 is 0 Å². The first-order valence-corrected chi connectivity index (χ1v) is 7.59. The van der Waals surface area contributed by atoms with E-state index in [9.17, 15) is 4.79 Å². The van der Waals surface area contributed by atoms with Crippen molar-refractivity contribution >= 4 is 23.8 Å². The van der Waals surface area contributed by atoms with E-state index in [2.05, 4.69) is 10.6 Å². The van der Waals surface area contributed by atoms with Crippen LogP contribution in [-0.2, 0) is 9.45 Å². The second-order valence-corrected chi connectivity index (χ2v) is 5.35. The van der Waals surface area contributed by atoms with Crippen LogP contribution in [0, 0.1) is 0 Å². The first kappa shape index (κ1) is 14.8. The topological polar surface area (TPSA) is 50.4 Å². The molecule has 1 atom stereocenters. The predicted molar refractivity (Wildman–Crippen MR) is 88.7 cm³/mol. The van der Waals surface area contributed by atoms with Crippen LogP contribution in [0.2, 0.25) is 0 Å². The van der Waals surface area contributed by atoms with Gasteiger partial charge in [0.2, 0.25) is 0 Å². The van der Waals surface area contributed by atoms with E-state index in [1.165, 1.54) is 0 Å². The molecule has 0 aliphatic carbocycles. The molecule has 1 fully saturated rings. The van der Waals surface area contributed by atoms with Crippen molar-refractivity contribution < 1.29 is 9.45 Å². The van der Waals surface area contributed by atoms with E-state index in [1.807, 2.05) is 60.7 Å². The minimum absolute atomic E-state index is 0.218. The van der Waals surface area contributed by atoms with E-state index in [4.69, 9.17) is 4.65 Å². The Hall–Kier alpha value is -2.11. The normalized spacial score (nSPS) is 17.7. The van der Waals surface area contributed by atoms with Gasteiger partial charge in [0, 0.05) is 19.6 Å². The number of piperazine rings is 1. The molecule has 22 heavy (non-hydrogen) atoms. The maximum atomic E-state index is 12.4. The summed E-state index contributed by atoms with van der Waals surface area (Å²) in [5.41, 5.74) is 1.96. The maximum Gasteiger partial charge on any atom is 0.429 e. The lowest BCUT2D eigenvalue weighted by molar-refractivity contribution is -0.137. The van der Waals surface area contributed by atoms with Gasteiger partial charge in [0.15, 0.2) is 0 Å². The molecule has 1 heterocycles. The minimum Gasteiger partial charge on any atom is -0.525 e. The third-order valence-corrected chi connectivity index (χ3v) is 3.76. The van der Waals surface area contributed by atoms with Crippen LogP contribution in [0.4, 0.5) is 0 Å². The zero-order chi connectivity index (χ0) is 15.2. The molecule has 2 N–H and O–H groups in total. The van der Waals surface area contributed by atoms with Crippen LogP contribution in [0.15, 0.2) is 60.7 Å². The molecule has 0 saturated carbocycles. The molecule has 2 aromatic rings. The first-order chi connectivity index (χ1) is 10.8. The average molecular weight is 294 g/mol. The summed E-state index contributed by atoms with van der Waals surface area (Å²) in [5.74, 6) is -0.218. The van der Waals surface area contributed by atoms with E-state index in [1.54, 1.807) is 0 Å². The highest BCUT2D eigenvalue weighted by molar-refractivity contribution is 6.81. The summed E-state index contributed by atoms with van der Waals surface area (Å²) >= 11 is 0. The molecular weight excluding hydrogens is 275 g/mol. The number of carbonyl (C=O) groups is 1. The molecule has 4 nitrogen and oxygen atoms in total. The van der Waals surface area contributed by atoms with Gasteiger partial charge in [-0.3, -0.25) is 4.79 Å². The molecule has 0 bridgehead atoms. The van der Waals surface area contributed by atoms with Crippen molar-refractivity contribution in [1.82, 2.24) is 10.6 Å². The SMILES string of the molecule is O=C(OB(c1ccccc1)c1ccccc1)C1CNCCN1. The Labute approximate surface area is 131 Å². The Kier molecular flexibility index (Phi) is 4.88. The smallest absolute Gasteiger partial charge is 0.429 e. The largest absolute Gasteiger partial charge is 0.525 e. The number of benzene rings is 2. The molecular formula is C17H19BN2O2. The average Bonchev–Trinajstić information content (AvgIpc) is 2.62. The van der Waals surface area contributed by atoms with Crippen molar-refractivity contribution in [3.63, 3.8) is 0 Å². The summed E-state index contributed by atoms with van der Waals surface area (Å²) in [4.78, 5) is 12.4. The molecule has 1 saturated heterocycles. The number of nitrogens with one attached hydrogen (secondary N) is 2. The number of rotatable bonds is 4. The number of hydrogen-bond donors (Lipinski definition) is 2. The maximum absolute atomic E-state index is 12.4. The highest BCUT2D eigenvalue weighted by Crippen LogP contribution is 1.99. The van der Waals surface area contributed by atoms with Gasteiger partial charge in [-0.05, 0) is 10.9 Å². The lowest BCUT2D eigenvalue weighted by Crippen LogP contribution is -2.56. The summed E-state index contributed by atoms with van der Waals surface area (Å²) in [5, 5.41) is 6.40. The molecule has 0 spiro atoms. The van der Waals surface area contributed by atoms with Crippen molar-refractivity contribution in [3.05, 3.63) is 60.7 Å². The van der Waals surface area contributed by atoms with Gasteiger partial charge in [-0.25, -0.2) is 0 Å². The summed E-state index contributed by atoms with van der Waals surface area (Å²) in [7, 11) is 0. The lowest BCUT2D eigenvalue weighted by Gasteiger charge is -2.25. The van der Waals surface area contributed by atoms with Crippen molar-refractivity contribution in [3.8, 4) is 0 Å². The number of hydrogen-bond acceptors (Lipinski definition) is 4. The van der Waals surface area contributed by atoms with Crippen molar-refractivity contribution in [2.75, 3.05) is 19.6 Å². The molecule has 5 heteroatoms. The summed E-state index contributed by atoms with van der Waals surface area (Å²) in [6.07, 6.45) is 0. The van der Waals surface area contributed by atoms with Gasteiger partial charge >= 0.3 is 12.9 Å². The fourth-order valence-electron chi connectivity index (χ4n) is 2.60. The minimum atomic E-state index is -0.376. The van der Waals surface area contributed by atoms with Crippen LogP contribution in [0.1, 0.15) is 0 Å². The molecule has 2 aromatic carbocycles. The zero-order valence-corrected chi connectivity index (χ0v) is 12.4. The third-order valence-electron chi connectivity index (χ3n) is 3.76. The zero-order valence-electron chi connectivity index (χ0n) is 12.4. The van der Waals surface area contributed by atoms with E-state index in [0.29, 0.717) is 6.54 Å². The van der Waals surface area contributed by atoms with E-state index < -0.39 is 0 Å². The molecule has 0 amide bonds. The van der Waals surface area contributed by atoms with Crippen molar-refractivity contribution in [1.29, 1.82) is 0 Å². The fourth-order valence-corrected chi connectivity index (χ4v) is 2.60. The number of carbonyl (C=O) groups excluding carboxylic acids is 1. The standard InChI is InChI=1S/C17H19BN2O2/c21-17(16-13-19-11-12-20-16)22-18(14-7-3-1-4-8-14)15-9-5-2-6-10-15/h1-10,16,19-20H,11-13H2. The molecule has 0 radical (unpaired) electrons. The van der Waals surface area contributed by atoms with E-state index in [-0.39, 0.29) is 18.9 Å². The van der Waals surface area contributed by atoms with Gasteiger partial charge in [0.25, 0.3) is 0 Å². The summed E-state index contributed by atoms with van der Waals surface area (Å²) in [6, 6.07) is 19.4. The second kappa shape index (κ2) is 7.25. The Morgan fingerprint density at radius 3 is 2.05 bits per heavy atom. The predicted octanol–water partition coefficient (Wildman–Crippen LogP) is -0.103. The Morgan fingerprint density at radius 2 is 1.55 bits per heavy atom. The van der Waals surface area contributed by atoms with Gasteiger partial charge in [-0.2, -0.15) is 0 Å². The molecule has 112 valence electrons. The fraction of sp³-hybridized carbons (Fsp3) is 0.235. The quantitative estimate of drug-likeness (QED) is 0.773. The monoisotopic (exact) mass is 294 g/mol. The Morgan fingerprint density at radius 1 is 0.955 bits per heavy atom. The van der Waals surface area contributed by atoms with Crippen LogP contribution in [0.3, 0.4) is 0 Å². The first-order valence-electron chi connectivity index (χ1n) is 7.59. The molecule has 1 unspecified atom stereocenters. The highest BCUT2D eigenvalue weighted by Gasteiger charge is 2.29. The van der Waals surface area contributed by atoms with Crippen LogP contribution in [-0.4, -0.2) is 38.6 Å². The van der Waals surface area contributed by atoms with Gasteiger partial charge in [0.05, 0.1) is 0 Å². The summed E-state index contributed by atoms with van der Waals surface area (Å²) in [6.45, 7) is 1.89. The molecule has 1 aliphatic heterocycles. The van der Waals surface area contributed by atoms with Gasteiger partial charge in [-0.15, -0.1) is 0 Å². The van der Waals surface area contributed by atoms with Crippen molar-refractivity contribution in [2.24, 2.45) is 0 Å². The Balaban J connectivity index is 1.81. The second-order valence-electron chi connectivity index (χ2n) is 5.35. The molecule has 0 aromatic heterocycles.